The normalized spacial score (nSPS) is 40.9. The van der Waals surface area contributed by atoms with Crippen LogP contribution in [0.4, 0.5) is 0 Å². The van der Waals surface area contributed by atoms with E-state index < -0.39 is 0 Å². The quantitative estimate of drug-likeness (QED) is 0.759. The van der Waals surface area contributed by atoms with Gasteiger partial charge in [0.1, 0.15) is 0 Å². The van der Waals surface area contributed by atoms with Crippen molar-refractivity contribution < 1.29 is 19.1 Å². The first-order valence-corrected chi connectivity index (χ1v) is 8.13. The summed E-state index contributed by atoms with van der Waals surface area (Å²) in [5.74, 6) is -1.31. The van der Waals surface area contributed by atoms with Crippen molar-refractivity contribution in [2.24, 2.45) is 17.3 Å². The molecule has 2 bridgehead atoms. The van der Waals surface area contributed by atoms with Crippen molar-refractivity contribution in [3.63, 3.8) is 0 Å². The van der Waals surface area contributed by atoms with E-state index in [1.807, 2.05) is 0 Å². The lowest BCUT2D eigenvalue weighted by atomic mass is 9.79. The molecule has 6 heteroatoms. The summed E-state index contributed by atoms with van der Waals surface area (Å²) in [6.07, 6.45) is 3.05. The van der Waals surface area contributed by atoms with Gasteiger partial charge < -0.3 is 14.8 Å². The largest absolute Gasteiger partial charge is 0.469 e. The molecule has 0 saturated carbocycles. The van der Waals surface area contributed by atoms with E-state index in [1.54, 1.807) is 0 Å². The summed E-state index contributed by atoms with van der Waals surface area (Å²) in [4.78, 5) is 26.8. The molecular formula is C16H26N2O4. The highest BCUT2D eigenvalue weighted by Gasteiger charge is 2.60. The lowest BCUT2D eigenvalue weighted by Gasteiger charge is -2.32. The summed E-state index contributed by atoms with van der Waals surface area (Å²) in [6.45, 7) is 5.25. The van der Waals surface area contributed by atoms with E-state index in [0.29, 0.717) is 0 Å². The number of ether oxygens (including phenoxy) is 2. The molecule has 3 rings (SSSR count). The predicted molar refractivity (Wildman–Crippen MR) is 80.1 cm³/mol. The van der Waals surface area contributed by atoms with Gasteiger partial charge >= 0.3 is 11.9 Å². The van der Waals surface area contributed by atoms with Gasteiger partial charge in [-0.05, 0) is 31.2 Å². The molecule has 0 aromatic heterocycles. The summed E-state index contributed by atoms with van der Waals surface area (Å²) < 4.78 is 9.94. The van der Waals surface area contributed by atoms with Gasteiger partial charge in [0.15, 0.2) is 0 Å². The molecule has 0 aliphatic carbocycles. The molecule has 3 fully saturated rings. The fourth-order valence-electron chi connectivity index (χ4n) is 4.73. The zero-order chi connectivity index (χ0) is 15.9. The van der Waals surface area contributed by atoms with Crippen LogP contribution in [0.15, 0.2) is 0 Å². The number of hydrogen-bond acceptors (Lipinski definition) is 6. The Morgan fingerprint density at radius 3 is 2.09 bits per heavy atom. The molecule has 3 aliphatic rings. The van der Waals surface area contributed by atoms with Gasteiger partial charge in [-0.2, -0.15) is 0 Å². The second-order valence-corrected chi connectivity index (χ2v) is 7.22. The predicted octanol–water partition coefficient (Wildman–Crippen LogP) is 0.411. The minimum atomic E-state index is -0.380. The molecule has 0 amide bonds. The number of carbonyl (C=O) groups is 2. The third kappa shape index (κ3) is 2.42. The molecule has 124 valence electrons. The van der Waals surface area contributed by atoms with E-state index in [-0.39, 0.29) is 41.3 Å². The Balaban J connectivity index is 1.84. The van der Waals surface area contributed by atoms with E-state index in [4.69, 9.17) is 9.47 Å². The molecule has 0 spiro atoms. The lowest BCUT2D eigenvalue weighted by molar-refractivity contribution is -0.157. The summed E-state index contributed by atoms with van der Waals surface area (Å²) in [6, 6.07) is 0.220. The molecule has 3 saturated heterocycles. The van der Waals surface area contributed by atoms with Crippen LogP contribution in [0.25, 0.3) is 0 Å². The van der Waals surface area contributed by atoms with Crippen LogP contribution in [0, 0.1) is 17.3 Å². The second kappa shape index (κ2) is 5.81. The Hall–Kier alpha value is -1.14. The average molecular weight is 310 g/mol. The SMILES string of the molecule is COC(=O)C1C(C(=O)OC)C2CCC1N2CC1(C)CCNC1. The topological polar surface area (TPSA) is 67.9 Å². The molecule has 0 aromatic carbocycles. The van der Waals surface area contributed by atoms with Crippen LogP contribution >= 0.6 is 0 Å². The van der Waals surface area contributed by atoms with Crippen molar-refractivity contribution in [2.75, 3.05) is 33.9 Å². The zero-order valence-electron chi connectivity index (χ0n) is 13.6. The number of nitrogens with one attached hydrogen (secondary N) is 1. The van der Waals surface area contributed by atoms with Crippen molar-refractivity contribution >= 4 is 11.9 Å². The van der Waals surface area contributed by atoms with Gasteiger partial charge in [-0.1, -0.05) is 6.92 Å². The van der Waals surface area contributed by atoms with Gasteiger partial charge in [-0.25, -0.2) is 0 Å². The molecule has 5 atom stereocenters. The number of rotatable bonds is 4. The van der Waals surface area contributed by atoms with Gasteiger partial charge in [-0.15, -0.1) is 0 Å². The fourth-order valence-corrected chi connectivity index (χ4v) is 4.73. The maximum Gasteiger partial charge on any atom is 0.311 e. The number of carbonyl (C=O) groups excluding carboxylic acids is 2. The van der Waals surface area contributed by atoms with E-state index in [1.165, 1.54) is 14.2 Å². The van der Waals surface area contributed by atoms with Gasteiger partial charge in [0, 0.05) is 25.2 Å². The molecule has 0 aromatic rings. The minimum Gasteiger partial charge on any atom is -0.469 e. The van der Waals surface area contributed by atoms with Crippen LogP contribution in [0.5, 0.6) is 0 Å². The molecule has 6 nitrogen and oxygen atoms in total. The zero-order valence-corrected chi connectivity index (χ0v) is 13.6. The summed E-state index contributed by atoms with van der Waals surface area (Å²) >= 11 is 0. The van der Waals surface area contributed by atoms with Crippen molar-refractivity contribution in [3.05, 3.63) is 0 Å². The molecule has 5 unspecified atom stereocenters. The molecule has 1 N–H and O–H groups in total. The molecule has 3 heterocycles. The molecule has 3 aliphatic heterocycles. The maximum atomic E-state index is 12.2. The highest BCUT2D eigenvalue weighted by molar-refractivity contribution is 5.84. The summed E-state index contributed by atoms with van der Waals surface area (Å²) in [5, 5.41) is 3.42. The fraction of sp³-hybridized carbons (Fsp3) is 0.875. The second-order valence-electron chi connectivity index (χ2n) is 7.22. The van der Waals surface area contributed by atoms with Gasteiger partial charge in [0.25, 0.3) is 0 Å². The number of methoxy groups -OCH3 is 2. The highest BCUT2D eigenvalue weighted by atomic mass is 16.5. The van der Waals surface area contributed by atoms with Crippen molar-refractivity contribution in [2.45, 2.75) is 38.3 Å². The van der Waals surface area contributed by atoms with Crippen molar-refractivity contribution in [1.82, 2.24) is 10.2 Å². The number of hydrogen-bond donors (Lipinski definition) is 1. The van der Waals surface area contributed by atoms with Crippen LogP contribution in [-0.4, -0.2) is 62.8 Å². The third-order valence-electron chi connectivity index (χ3n) is 5.79. The Morgan fingerprint density at radius 2 is 1.68 bits per heavy atom. The van der Waals surface area contributed by atoms with E-state index in [9.17, 15) is 9.59 Å². The number of esters is 2. The Labute approximate surface area is 131 Å². The number of nitrogens with zero attached hydrogens (tertiary/aromatic N) is 1. The number of fused-ring (bicyclic) bond motifs is 2. The van der Waals surface area contributed by atoms with E-state index in [0.717, 1.165) is 38.9 Å². The van der Waals surface area contributed by atoms with Crippen LogP contribution in [0.1, 0.15) is 26.2 Å². The van der Waals surface area contributed by atoms with E-state index >= 15 is 0 Å². The van der Waals surface area contributed by atoms with Gasteiger partial charge in [-0.3, -0.25) is 14.5 Å². The lowest BCUT2D eigenvalue weighted by Crippen LogP contribution is -2.41. The van der Waals surface area contributed by atoms with Crippen LogP contribution in [-0.2, 0) is 19.1 Å². The maximum absolute atomic E-state index is 12.2. The monoisotopic (exact) mass is 310 g/mol. The Bertz CT molecular complexity index is 431. The van der Waals surface area contributed by atoms with Gasteiger partial charge in [0.05, 0.1) is 26.1 Å². The summed E-state index contributed by atoms with van der Waals surface area (Å²) in [5.41, 5.74) is 0.215. The highest BCUT2D eigenvalue weighted by Crippen LogP contribution is 2.48. The smallest absolute Gasteiger partial charge is 0.311 e. The van der Waals surface area contributed by atoms with Crippen LogP contribution in [0.3, 0.4) is 0 Å². The first-order valence-electron chi connectivity index (χ1n) is 8.13. The molecule has 0 radical (unpaired) electrons. The van der Waals surface area contributed by atoms with Crippen LogP contribution in [0.2, 0.25) is 0 Å². The first-order chi connectivity index (χ1) is 10.5. The van der Waals surface area contributed by atoms with Crippen molar-refractivity contribution in [3.8, 4) is 0 Å². The minimum absolute atomic E-state index is 0.110. The first kappa shape index (κ1) is 15.7. The Morgan fingerprint density at radius 1 is 1.14 bits per heavy atom. The standard InChI is InChI=1S/C16H26N2O4/c1-16(6-7-17-8-16)9-18-10-4-5-11(18)13(15(20)22-3)12(10)14(19)21-2/h10-13,17H,4-9H2,1-3H3. The third-order valence-corrected chi connectivity index (χ3v) is 5.79. The molecular weight excluding hydrogens is 284 g/mol. The van der Waals surface area contributed by atoms with Gasteiger partial charge in [0.2, 0.25) is 0 Å². The molecule has 22 heavy (non-hydrogen) atoms. The van der Waals surface area contributed by atoms with Crippen molar-refractivity contribution in [1.29, 1.82) is 0 Å². The van der Waals surface area contributed by atoms with Crippen LogP contribution < -0.4 is 5.32 Å². The average Bonchev–Trinajstić information content (AvgIpc) is 3.19. The summed E-state index contributed by atoms with van der Waals surface area (Å²) in [7, 11) is 2.80. The van der Waals surface area contributed by atoms with E-state index in [2.05, 4.69) is 17.1 Å². The Kier molecular flexibility index (Phi) is 4.16.